The quantitative estimate of drug-likeness (QED) is 0.200. The molecular formula is C31H29NO5. The van der Waals surface area contributed by atoms with E-state index in [-0.39, 0.29) is 17.4 Å². The summed E-state index contributed by atoms with van der Waals surface area (Å²) in [5.41, 5.74) is 3.33. The van der Waals surface area contributed by atoms with Gasteiger partial charge in [0, 0.05) is 18.5 Å². The smallest absolute Gasteiger partial charge is 0.295 e. The van der Waals surface area contributed by atoms with Gasteiger partial charge in [0.2, 0.25) is 0 Å². The fraction of sp³-hybridized carbons (Fsp3) is 0.226. The maximum Gasteiger partial charge on any atom is 0.295 e. The number of carbonyl (C=O) groups is 2. The van der Waals surface area contributed by atoms with Crippen LogP contribution in [0.3, 0.4) is 0 Å². The number of benzene rings is 3. The summed E-state index contributed by atoms with van der Waals surface area (Å²) in [6.07, 6.45) is 3.02. The van der Waals surface area contributed by atoms with Gasteiger partial charge in [0.1, 0.15) is 30.0 Å². The van der Waals surface area contributed by atoms with Crippen molar-refractivity contribution < 1.29 is 24.2 Å². The Morgan fingerprint density at radius 3 is 2.59 bits per heavy atom. The average molecular weight is 496 g/mol. The number of aliphatic hydroxyl groups excluding tert-OH is 1. The number of amides is 1. The van der Waals surface area contributed by atoms with Crippen LogP contribution < -0.4 is 9.47 Å². The third-order valence-electron chi connectivity index (χ3n) is 6.76. The molecule has 2 aliphatic rings. The molecule has 3 aromatic carbocycles. The van der Waals surface area contributed by atoms with Crippen LogP contribution in [0.4, 0.5) is 0 Å². The van der Waals surface area contributed by atoms with Crippen LogP contribution in [0.1, 0.15) is 35.2 Å². The summed E-state index contributed by atoms with van der Waals surface area (Å²) in [7, 11) is 0. The molecule has 0 aliphatic carbocycles. The summed E-state index contributed by atoms with van der Waals surface area (Å²) >= 11 is 0. The molecule has 37 heavy (non-hydrogen) atoms. The summed E-state index contributed by atoms with van der Waals surface area (Å²) in [5.74, 6) is -0.0585. The molecule has 3 aromatic rings. The van der Waals surface area contributed by atoms with Gasteiger partial charge < -0.3 is 19.5 Å². The Labute approximate surface area is 216 Å². The lowest BCUT2D eigenvalue weighted by Crippen LogP contribution is -2.31. The highest BCUT2D eigenvalue weighted by atomic mass is 16.5. The van der Waals surface area contributed by atoms with Gasteiger partial charge in [-0.2, -0.15) is 0 Å². The number of aliphatic hydroxyl groups is 1. The number of rotatable bonds is 8. The average Bonchev–Trinajstić information content (AvgIpc) is 3.42. The van der Waals surface area contributed by atoms with Gasteiger partial charge in [-0.3, -0.25) is 9.59 Å². The molecule has 1 amide bonds. The highest BCUT2D eigenvalue weighted by molar-refractivity contribution is 6.46. The molecule has 6 nitrogen and oxygen atoms in total. The van der Waals surface area contributed by atoms with Crippen molar-refractivity contribution in [3.63, 3.8) is 0 Å². The zero-order valence-corrected chi connectivity index (χ0v) is 20.7. The Balaban J connectivity index is 1.54. The number of fused-ring (bicyclic) bond motifs is 1. The van der Waals surface area contributed by atoms with E-state index in [4.69, 9.17) is 9.47 Å². The summed E-state index contributed by atoms with van der Waals surface area (Å²) < 4.78 is 11.4. The fourth-order valence-corrected chi connectivity index (χ4v) is 4.98. The first-order chi connectivity index (χ1) is 18.0. The maximum atomic E-state index is 13.4. The van der Waals surface area contributed by atoms with E-state index in [0.29, 0.717) is 30.9 Å². The second kappa shape index (κ2) is 10.3. The molecular weight excluding hydrogens is 466 g/mol. The van der Waals surface area contributed by atoms with Gasteiger partial charge in [-0.1, -0.05) is 55.1 Å². The molecule has 5 rings (SSSR count). The number of Topliss-reactive ketones (excluding diaryl/α,β-unsaturated/α-hetero) is 1. The second-order valence-corrected chi connectivity index (χ2v) is 9.35. The predicted octanol–water partition coefficient (Wildman–Crippen LogP) is 5.24. The Bertz CT molecular complexity index is 1360. The van der Waals surface area contributed by atoms with Gasteiger partial charge >= 0.3 is 0 Å². The minimum absolute atomic E-state index is 0.0535. The monoisotopic (exact) mass is 495 g/mol. The summed E-state index contributed by atoms with van der Waals surface area (Å²) in [6, 6.07) is 21.7. The van der Waals surface area contributed by atoms with Crippen LogP contribution in [0.2, 0.25) is 0 Å². The van der Waals surface area contributed by atoms with Crippen molar-refractivity contribution in [2.75, 3.05) is 13.2 Å². The van der Waals surface area contributed by atoms with Crippen LogP contribution in [0.5, 0.6) is 11.5 Å². The molecule has 0 radical (unpaired) electrons. The van der Waals surface area contributed by atoms with E-state index >= 15 is 0 Å². The zero-order valence-electron chi connectivity index (χ0n) is 20.7. The number of ketones is 1. The lowest BCUT2D eigenvalue weighted by molar-refractivity contribution is -0.139. The van der Waals surface area contributed by atoms with E-state index in [2.05, 4.69) is 6.58 Å². The largest absolute Gasteiger partial charge is 0.507 e. The van der Waals surface area contributed by atoms with Crippen LogP contribution in [0.15, 0.2) is 91.0 Å². The van der Waals surface area contributed by atoms with Gasteiger partial charge in [0.15, 0.2) is 0 Å². The molecule has 2 heterocycles. The highest BCUT2D eigenvalue weighted by Crippen LogP contribution is 2.41. The number of nitrogens with zero attached hydrogens (tertiary/aromatic N) is 1. The van der Waals surface area contributed by atoms with Crippen molar-refractivity contribution in [3.8, 4) is 11.5 Å². The van der Waals surface area contributed by atoms with Crippen LogP contribution in [-0.2, 0) is 22.4 Å². The zero-order chi connectivity index (χ0) is 25.9. The molecule has 1 N–H and O–H groups in total. The molecule has 6 heteroatoms. The second-order valence-electron chi connectivity index (χ2n) is 9.35. The first-order valence-corrected chi connectivity index (χ1v) is 12.4. The summed E-state index contributed by atoms with van der Waals surface area (Å²) in [6.45, 7) is 6.35. The minimum atomic E-state index is -0.722. The molecule has 0 bridgehead atoms. The van der Waals surface area contributed by atoms with Gasteiger partial charge in [0.25, 0.3) is 11.7 Å². The SMILES string of the molecule is C=CCOc1ccc([C@H]2C(=C(O)c3ccc4c(c3)C[C@@H](C)O4)C(=O)C(=O)N2CCc2ccccc2)cc1. The van der Waals surface area contributed by atoms with E-state index in [9.17, 15) is 14.7 Å². The highest BCUT2D eigenvalue weighted by Gasteiger charge is 2.46. The fourth-order valence-electron chi connectivity index (χ4n) is 4.98. The number of likely N-dealkylation sites (tertiary alicyclic amines) is 1. The maximum absolute atomic E-state index is 13.4. The normalized spacial score (nSPS) is 20.0. The van der Waals surface area contributed by atoms with Gasteiger partial charge in [-0.05, 0) is 60.4 Å². The lowest BCUT2D eigenvalue weighted by Gasteiger charge is -2.25. The van der Waals surface area contributed by atoms with Crippen LogP contribution in [-0.4, -0.2) is 41.0 Å². The standard InChI is InChI=1S/C31H29NO5/c1-3-17-36-25-12-9-22(10-13-25)28-27(29(33)23-11-14-26-24(19-23)18-20(2)37-26)30(34)31(35)32(28)16-15-21-7-5-4-6-8-21/h3-14,19-20,28,33H,1,15-18H2,2H3/t20-,28+/m1/s1. The predicted molar refractivity (Wildman–Crippen MR) is 142 cm³/mol. The Hall–Kier alpha value is -4.32. The Morgan fingerprint density at radius 2 is 1.86 bits per heavy atom. The number of hydrogen-bond acceptors (Lipinski definition) is 5. The van der Waals surface area contributed by atoms with Crippen molar-refractivity contribution in [2.45, 2.75) is 31.9 Å². The van der Waals surface area contributed by atoms with E-state index < -0.39 is 17.7 Å². The van der Waals surface area contributed by atoms with Crippen molar-refractivity contribution in [3.05, 3.63) is 113 Å². The van der Waals surface area contributed by atoms with E-state index in [0.717, 1.165) is 28.9 Å². The molecule has 1 fully saturated rings. The summed E-state index contributed by atoms with van der Waals surface area (Å²) in [4.78, 5) is 28.2. The first kappa shape index (κ1) is 24.4. The molecule has 2 atom stereocenters. The van der Waals surface area contributed by atoms with Crippen molar-refractivity contribution in [1.29, 1.82) is 0 Å². The molecule has 0 spiro atoms. The van der Waals surface area contributed by atoms with Crippen molar-refractivity contribution >= 4 is 17.4 Å². The molecule has 0 saturated carbocycles. The van der Waals surface area contributed by atoms with Crippen LogP contribution >= 0.6 is 0 Å². The Morgan fingerprint density at radius 1 is 1.11 bits per heavy atom. The van der Waals surface area contributed by atoms with Gasteiger partial charge in [0.05, 0.1) is 11.6 Å². The molecule has 188 valence electrons. The summed E-state index contributed by atoms with van der Waals surface area (Å²) in [5, 5.41) is 11.4. The van der Waals surface area contributed by atoms with Gasteiger partial charge in [-0.25, -0.2) is 0 Å². The van der Waals surface area contributed by atoms with E-state index in [1.54, 1.807) is 35.2 Å². The van der Waals surface area contributed by atoms with Crippen LogP contribution in [0, 0.1) is 0 Å². The number of carbonyl (C=O) groups excluding carboxylic acids is 2. The molecule has 0 unspecified atom stereocenters. The number of hydrogen-bond donors (Lipinski definition) is 1. The van der Waals surface area contributed by atoms with E-state index in [1.165, 1.54) is 0 Å². The van der Waals surface area contributed by atoms with Gasteiger partial charge in [-0.15, -0.1) is 0 Å². The third kappa shape index (κ3) is 4.87. The first-order valence-electron chi connectivity index (χ1n) is 12.4. The lowest BCUT2D eigenvalue weighted by atomic mass is 9.94. The topological polar surface area (TPSA) is 76.1 Å². The van der Waals surface area contributed by atoms with Crippen molar-refractivity contribution in [2.24, 2.45) is 0 Å². The molecule has 0 aromatic heterocycles. The van der Waals surface area contributed by atoms with Crippen LogP contribution in [0.25, 0.3) is 5.76 Å². The van der Waals surface area contributed by atoms with E-state index in [1.807, 2.05) is 55.5 Å². The number of ether oxygens (including phenoxy) is 2. The Kier molecular flexibility index (Phi) is 6.82. The third-order valence-corrected chi connectivity index (χ3v) is 6.76. The van der Waals surface area contributed by atoms with Crippen molar-refractivity contribution in [1.82, 2.24) is 4.90 Å². The molecule has 2 aliphatic heterocycles. The molecule has 1 saturated heterocycles. The minimum Gasteiger partial charge on any atom is -0.507 e.